The van der Waals surface area contributed by atoms with Gasteiger partial charge in [0.05, 0.1) is 16.6 Å². The molecule has 2 heterocycles. The number of benzene rings is 2. The van der Waals surface area contributed by atoms with E-state index in [0.717, 1.165) is 24.3 Å². The van der Waals surface area contributed by atoms with E-state index in [1.807, 2.05) is 0 Å². The molecule has 0 radical (unpaired) electrons. The number of halogens is 1. The number of imide groups is 1. The van der Waals surface area contributed by atoms with Crippen LogP contribution in [0.5, 0.6) is 5.75 Å². The van der Waals surface area contributed by atoms with Gasteiger partial charge in [-0.25, -0.2) is 9.18 Å². The number of nitrogens with one attached hydrogen (secondary N) is 1. The fourth-order valence-electron chi connectivity index (χ4n) is 3.65. The second-order valence-electron chi connectivity index (χ2n) is 8.25. The second kappa shape index (κ2) is 12.5. The first-order valence-corrected chi connectivity index (χ1v) is 12.5. The van der Waals surface area contributed by atoms with Crippen LogP contribution in [0.1, 0.15) is 28.8 Å². The van der Waals surface area contributed by atoms with Gasteiger partial charge in [-0.1, -0.05) is 18.2 Å². The molecule has 37 heavy (non-hydrogen) atoms. The Labute approximate surface area is 216 Å². The van der Waals surface area contributed by atoms with Crippen LogP contribution < -0.4 is 10.1 Å². The number of hydrogen-bond acceptors (Lipinski definition) is 8. The Hall–Kier alpha value is -3.70. The molecule has 2 aromatic carbocycles. The smallest absolute Gasteiger partial charge is 0.338 e. The zero-order valence-electron chi connectivity index (χ0n) is 19.8. The zero-order chi connectivity index (χ0) is 26.2. The lowest BCUT2D eigenvalue weighted by Crippen LogP contribution is -2.38. The summed E-state index contributed by atoms with van der Waals surface area (Å²) in [4.78, 5) is 50.0. The van der Waals surface area contributed by atoms with Gasteiger partial charge in [0.1, 0.15) is 18.2 Å². The molecule has 0 aliphatic carbocycles. The monoisotopic (exact) mass is 528 g/mol. The van der Waals surface area contributed by atoms with Crippen molar-refractivity contribution >= 4 is 40.9 Å². The Balaban J connectivity index is 1.17. The van der Waals surface area contributed by atoms with E-state index in [2.05, 4.69) is 5.32 Å². The van der Waals surface area contributed by atoms with E-state index in [0.29, 0.717) is 24.1 Å². The van der Waals surface area contributed by atoms with Crippen LogP contribution in [0.25, 0.3) is 6.08 Å². The lowest BCUT2D eigenvalue weighted by atomic mass is 10.2. The minimum absolute atomic E-state index is 0.0296. The molecule has 2 fully saturated rings. The Morgan fingerprint density at radius 3 is 2.68 bits per heavy atom. The third-order valence-electron chi connectivity index (χ3n) is 5.61. The van der Waals surface area contributed by atoms with Crippen molar-refractivity contribution in [1.82, 2.24) is 10.2 Å². The number of carbonyl (C=O) groups excluding carboxylic acids is 4. The van der Waals surface area contributed by atoms with E-state index < -0.39 is 35.4 Å². The highest BCUT2D eigenvalue weighted by Crippen LogP contribution is 2.32. The predicted molar refractivity (Wildman–Crippen MR) is 133 cm³/mol. The molecule has 0 bridgehead atoms. The third kappa shape index (κ3) is 7.17. The maximum absolute atomic E-state index is 13.8. The van der Waals surface area contributed by atoms with Crippen LogP contribution in [0, 0.1) is 5.82 Å². The summed E-state index contributed by atoms with van der Waals surface area (Å²) in [7, 11) is 0. The molecule has 194 valence electrons. The maximum atomic E-state index is 13.8. The van der Waals surface area contributed by atoms with Crippen LogP contribution >= 0.6 is 11.8 Å². The van der Waals surface area contributed by atoms with Crippen molar-refractivity contribution in [3.8, 4) is 5.75 Å². The fourth-order valence-corrected chi connectivity index (χ4v) is 4.51. The van der Waals surface area contributed by atoms with Crippen LogP contribution in [-0.4, -0.2) is 66.9 Å². The Morgan fingerprint density at radius 1 is 1.16 bits per heavy atom. The summed E-state index contributed by atoms with van der Waals surface area (Å²) in [6, 6.07) is 12.3. The number of nitrogens with zero attached hydrogens (tertiary/aromatic N) is 1. The van der Waals surface area contributed by atoms with Crippen LogP contribution in [-0.2, 0) is 19.1 Å². The van der Waals surface area contributed by atoms with E-state index in [1.165, 1.54) is 24.3 Å². The Bertz CT molecular complexity index is 1200. The SMILES string of the molecule is O=C(COC(=O)c1ccc(OCC2CCCO2)cc1)NCCN1C(=O)S/C(=C\c2ccccc2F)C1=O. The van der Waals surface area contributed by atoms with E-state index in [9.17, 15) is 23.6 Å². The number of amides is 3. The number of hydrogen-bond donors (Lipinski definition) is 1. The molecule has 0 aromatic heterocycles. The van der Waals surface area contributed by atoms with Crippen molar-refractivity contribution in [2.45, 2.75) is 18.9 Å². The third-order valence-corrected chi connectivity index (χ3v) is 6.51. The van der Waals surface area contributed by atoms with Crippen LogP contribution in [0.3, 0.4) is 0 Å². The van der Waals surface area contributed by atoms with Gasteiger partial charge in [0.2, 0.25) is 0 Å². The highest BCUT2D eigenvalue weighted by Gasteiger charge is 2.34. The lowest BCUT2D eigenvalue weighted by Gasteiger charge is -2.13. The summed E-state index contributed by atoms with van der Waals surface area (Å²) in [5.41, 5.74) is 0.459. The largest absolute Gasteiger partial charge is 0.491 e. The van der Waals surface area contributed by atoms with E-state index in [-0.39, 0.29) is 35.2 Å². The van der Waals surface area contributed by atoms with Crippen molar-refractivity contribution in [2.75, 3.05) is 32.9 Å². The van der Waals surface area contributed by atoms with Gasteiger partial charge < -0.3 is 19.5 Å². The summed E-state index contributed by atoms with van der Waals surface area (Å²) in [5.74, 6) is -1.73. The molecule has 2 aliphatic heterocycles. The van der Waals surface area contributed by atoms with Crippen molar-refractivity contribution in [1.29, 1.82) is 0 Å². The molecule has 4 rings (SSSR count). The van der Waals surface area contributed by atoms with Gasteiger partial charge in [-0.3, -0.25) is 19.3 Å². The quantitative estimate of drug-likeness (QED) is 0.369. The molecule has 2 saturated heterocycles. The van der Waals surface area contributed by atoms with Crippen molar-refractivity contribution in [3.63, 3.8) is 0 Å². The molecule has 0 spiro atoms. The van der Waals surface area contributed by atoms with Crippen molar-refractivity contribution in [2.24, 2.45) is 0 Å². The number of esters is 1. The molecule has 9 nitrogen and oxygen atoms in total. The average Bonchev–Trinajstić information content (AvgIpc) is 3.51. The van der Waals surface area contributed by atoms with Gasteiger partial charge in [0.15, 0.2) is 6.61 Å². The molecule has 2 aromatic rings. The summed E-state index contributed by atoms with van der Waals surface area (Å²) >= 11 is 0.701. The molecule has 2 aliphatic rings. The first kappa shape index (κ1) is 26.4. The number of rotatable bonds is 10. The van der Waals surface area contributed by atoms with Gasteiger partial charge in [-0.15, -0.1) is 0 Å². The minimum atomic E-state index is -0.676. The van der Waals surface area contributed by atoms with Crippen molar-refractivity contribution < 1.29 is 37.8 Å². The number of ether oxygens (including phenoxy) is 3. The molecule has 1 N–H and O–H groups in total. The van der Waals surface area contributed by atoms with Gasteiger partial charge in [-0.2, -0.15) is 0 Å². The summed E-state index contributed by atoms with van der Waals surface area (Å²) in [6.45, 7) is 0.561. The molecular formula is C26H25FN2O7S. The van der Waals surface area contributed by atoms with Gasteiger partial charge in [0, 0.05) is 25.3 Å². The van der Waals surface area contributed by atoms with Crippen LogP contribution in [0.15, 0.2) is 53.4 Å². The number of carbonyl (C=O) groups is 4. The Kier molecular flexibility index (Phi) is 8.91. The van der Waals surface area contributed by atoms with E-state index >= 15 is 0 Å². The van der Waals surface area contributed by atoms with Crippen molar-refractivity contribution in [3.05, 3.63) is 70.4 Å². The summed E-state index contributed by atoms with van der Waals surface area (Å²) in [6.07, 6.45) is 3.39. The first-order chi connectivity index (χ1) is 17.9. The molecule has 1 unspecified atom stereocenters. The number of thioether (sulfide) groups is 1. The minimum Gasteiger partial charge on any atom is -0.491 e. The lowest BCUT2D eigenvalue weighted by molar-refractivity contribution is -0.125. The van der Waals surface area contributed by atoms with Crippen LogP contribution in [0.2, 0.25) is 0 Å². The van der Waals surface area contributed by atoms with Gasteiger partial charge >= 0.3 is 5.97 Å². The highest BCUT2D eigenvalue weighted by molar-refractivity contribution is 8.18. The average molecular weight is 529 g/mol. The molecular weight excluding hydrogens is 503 g/mol. The Morgan fingerprint density at radius 2 is 1.95 bits per heavy atom. The van der Waals surface area contributed by atoms with E-state index in [1.54, 1.807) is 30.3 Å². The van der Waals surface area contributed by atoms with E-state index in [4.69, 9.17) is 14.2 Å². The summed E-state index contributed by atoms with van der Waals surface area (Å²) in [5, 5.41) is 1.98. The topological polar surface area (TPSA) is 111 Å². The van der Waals surface area contributed by atoms with Gasteiger partial charge in [-0.05, 0) is 61.0 Å². The predicted octanol–water partition coefficient (Wildman–Crippen LogP) is 3.39. The highest BCUT2D eigenvalue weighted by atomic mass is 32.2. The first-order valence-electron chi connectivity index (χ1n) is 11.7. The molecule has 1 atom stereocenters. The normalized spacial score (nSPS) is 18.4. The summed E-state index contributed by atoms with van der Waals surface area (Å²) < 4.78 is 30.0. The standard InChI is InChI=1S/C26H25FN2O7S/c27-21-6-2-1-4-18(21)14-22-24(31)29(26(33)37-22)12-11-28-23(30)16-36-25(32)17-7-9-19(10-8-17)35-15-20-5-3-13-34-20/h1-2,4,6-10,14,20H,3,5,11-13,15-16H2,(H,28,30)/b22-14-. The maximum Gasteiger partial charge on any atom is 0.338 e. The van der Waals surface area contributed by atoms with Gasteiger partial charge in [0.25, 0.3) is 17.1 Å². The zero-order valence-corrected chi connectivity index (χ0v) is 20.6. The fraction of sp³-hybridized carbons (Fsp3) is 0.308. The second-order valence-corrected chi connectivity index (χ2v) is 9.24. The van der Waals surface area contributed by atoms with Crippen LogP contribution in [0.4, 0.5) is 9.18 Å². The molecule has 11 heteroatoms. The molecule has 0 saturated carbocycles. The molecule has 3 amide bonds.